The minimum atomic E-state index is -0.796. The Labute approximate surface area is 117 Å². The summed E-state index contributed by atoms with van der Waals surface area (Å²) in [5, 5.41) is 2.62. The second kappa shape index (κ2) is 7.59. The van der Waals surface area contributed by atoms with Gasteiger partial charge in [0.05, 0.1) is 12.2 Å². The number of hydrogen-bond donors (Lipinski definition) is 1. The number of amides is 1. The summed E-state index contributed by atoms with van der Waals surface area (Å²) in [6, 6.07) is 3.61. The van der Waals surface area contributed by atoms with Crippen molar-refractivity contribution in [1.29, 1.82) is 0 Å². The minimum absolute atomic E-state index is 0.113. The molecule has 1 aromatic rings. The summed E-state index contributed by atoms with van der Waals surface area (Å²) in [5.74, 6) is -1.000. The number of methoxy groups -OCH3 is 1. The Bertz CT molecular complexity index is 490. The highest BCUT2D eigenvalue weighted by atomic mass is 19.1. The van der Waals surface area contributed by atoms with E-state index in [9.17, 15) is 14.0 Å². The van der Waals surface area contributed by atoms with Gasteiger partial charge in [-0.2, -0.15) is 0 Å². The highest BCUT2D eigenvalue weighted by Crippen LogP contribution is 2.21. The van der Waals surface area contributed by atoms with Crippen molar-refractivity contribution >= 4 is 11.7 Å². The van der Waals surface area contributed by atoms with E-state index in [4.69, 9.17) is 9.47 Å². The Morgan fingerprint density at radius 1 is 1.40 bits per heavy atom. The topological polar surface area (TPSA) is 64.6 Å². The maximum atomic E-state index is 13.1. The van der Waals surface area contributed by atoms with Gasteiger partial charge < -0.3 is 14.8 Å². The van der Waals surface area contributed by atoms with Crippen molar-refractivity contribution in [3.8, 4) is 5.75 Å². The van der Waals surface area contributed by atoms with Crippen LogP contribution < -0.4 is 10.1 Å². The molecule has 20 heavy (non-hydrogen) atoms. The van der Waals surface area contributed by atoms with Crippen LogP contribution in [0.3, 0.4) is 0 Å². The van der Waals surface area contributed by atoms with E-state index in [1.807, 2.05) is 0 Å². The van der Waals surface area contributed by atoms with E-state index in [-0.39, 0.29) is 23.0 Å². The number of halogens is 1. The van der Waals surface area contributed by atoms with Gasteiger partial charge in [-0.05, 0) is 32.0 Å². The predicted molar refractivity (Wildman–Crippen MR) is 71.4 cm³/mol. The maximum Gasteiger partial charge on any atom is 0.260 e. The number of carbonyl (C=O) groups excluding carboxylic acids is 2. The molecule has 0 aliphatic heterocycles. The van der Waals surface area contributed by atoms with Crippen LogP contribution >= 0.6 is 0 Å². The molecule has 0 saturated heterocycles. The third kappa shape index (κ3) is 4.62. The van der Waals surface area contributed by atoms with Crippen LogP contribution in [-0.2, 0) is 9.53 Å². The van der Waals surface area contributed by atoms with Gasteiger partial charge in [0.25, 0.3) is 5.91 Å². The standard InChI is InChI=1S/C14H18FNO4/c1-9(17)12-8-11(15)4-5-13(12)20-10(2)14(18)16-6-7-19-3/h4-5,8,10H,6-7H2,1-3H3,(H,16,18). The third-order valence-electron chi connectivity index (χ3n) is 2.60. The fourth-order valence-corrected chi connectivity index (χ4v) is 1.54. The van der Waals surface area contributed by atoms with Crippen LogP contribution in [0.25, 0.3) is 0 Å². The van der Waals surface area contributed by atoms with E-state index in [1.165, 1.54) is 26.2 Å². The van der Waals surface area contributed by atoms with Gasteiger partial charge in [0, 0.05) is 13.7 Å². The SMILES string of the molecule is COCCNC(=O)C(C)Oc1ccc(F)cc1C(C)=O. The number of ketones is 1. The molecule has 1 unspecified atom stereocenters. The fraction of sp³-hybridized carbons (Fsp3) is 0.429. The number of benzene rings is 1. The number of Topliss-reactive ketones (excluding diaryl/α,β-unsaturated/α-hetero) is 1. The molecule has 0 aliphatic carbocycles. The van der Waals surface area contributed by atoms with Crippen LogP contribution in [0.4, 0.5) is 4.39 Å². The van der Waals surface area contributed by atoms with Crippen molar-refractivity contribution in [2.45, 2.75) is 20.0 Å². The molecule has 0 radical (unpaired) electrons. The Morgan fingerprint density at radius 3 is 2.70 bits per heavy atom. The molecule has 1 rings (SSSR count). The zero-order valence-corrected chi connectivity index (χ0v) is 11.7. The second-order valence-electron chi connectivity index (χ2n) is 4.24. The molecule has 1 N–H and O–H groups in total. The molecule has 0 spiro atoms. The molecule has 1 amide bonds. The molecule has 0 fully saturated rings. The average Bonchev–Trinajstić information content (AvgIpc) is 2.40. The molecule has 0 saturated carbocycles. The molecule has 1 atom stereocenters. The summed E-state index contributed by atoms with van der Waals surface area (Å²) in [6.45, 7) is 3.63. The average molecular weight is 283 g/mol. The van der Waals surface area contributed by atoms with Crippen LogP contribution in [0.5, 0.6) is 5.75 Å². The first-order valence-corrected chi connectivity index (χ1v) is 6.19. The number of carbonyl (C=O) groups is 2. The number of hydrogen-bond acceptors (Lipinski definition) is 4. The van der Waals surface area contributed by atoms with Gasteiger partial charge >= 0.3 is 0 Å². The van der Waals surface area contributed by atoms with Gasteiger partial charge in [-0.25, -0.2) is 4.39 Å². The van der Waals surface area contributed by atoms with Crippen LogP contribution in [0.1, 0.15) is 24.2 Å². The zero-order chi connectivity index (χ0) is 15.1. The molecule has 0 bridgehead atoms. The van der Waals surface area contributed by atoms with Crippen molar-refractivity contribution < 1.29 is 23.5 Å². The van der Waals surface area contributed by atoms with Crippen LogP contribution in [0.15, 0.2) is 18.2 Å². The van der Waals surface area contributed by atoms with E-state index in [2.05, 4.69) is 5.32 Å². The van der Waals surface area contributed by atoms with Gasteiger partial charge in [0.2, 0.25) is 0 Å². The molecule has 0 aromatic heterocycles. The highest BCUT2D eigenvalue weighted by Gasteiger charge is 2.17. The van der Waals surface area contributed by atoms with E-state index in [1.54, 1.807) is 6.92 Å². The van der Waals surface area contributed by atoms with Crippen LogP contribution in [0, 0.1) is 5.82 Å². The number of ether oxygens (including phenoxy) is 2. The predicted octanol–water partition coefficient (Wildman–Crippen LogP) is 1.56. The van der Waals surface area contributed by atoms with E-state index in [0.29, 0.717) is 13.2 Å². The lowest BCUT2D eigenvalue weighted by Gasteiger charge is -2.16. The molecule has 1 aromatic carbocycles. The summed E-state index contributed by atoms with van der Waals surface area (Å²) >= 11 is 0. The monoisotopic (exact) mass is 283 g/mol. The van der Waals surface area contributed by atoms with Crippen molar-refractivity contribution in [2.24, 2.45) is 0 Å². The summed E-state index contributed by atoms with van der Waals surface area (Å²) < 4.78 is 23.3. The Hall–Kier alpha value is -1.95. The first-order valence-electron chi connectivity index (χ1n) is 6.19. The Morgan fingerprint density at radius 2 is 2.10 bits per heavy atom. The van der Waals surface area contributed by atoms with Gasteiger partial charge in [-0.1, -0.05) is 0 Å². The zero-order valence-electron chi connectivity index (χ0n) is 11.7. The van der Waals surface area contributed by atoms with E-state index in [0.717, 1.165) is 6.07 Å². The van der Waals surface area contributed by atoms with Crippen LogP contribution in [-0.4, -0.2) is 38.1 Å². The van der Waals surface area contributed by atoms with Crippen molar-refractivity contribution in [2.75, 3.05) is 20.3 Å². The molecule has 0 heterocycles. The quantitative estimate of drug-likeness (QED) is 0.609. The number of nitrogens with one attached hydrogen (secondary N) is 1. The summed E-state index contributed by atoms with van der Waals surface area (Å²) in [4.78, 5) is 23.1. The molecule has 0 aliphatic rings. The summed E-state index contributed by atoms with van der Waals surface area (Å²) in [6.07, 6.45) is -0.796. The lowest BCUT2D eigenvalue weighted by atomic mass is 10.1. The normalized spacial score (nSPS) is 11.8. The molecular formula is C14H18FNO4. The second-order valence-corrected chi connectivity index (χ2v) is 4.24. The maximum absolute atomic E-state index is 13.1. The molecule has 5 nitrogen and oxygen atoms in total. The van der Waals surface area contributed by atoms with Gasteiger partial charge in [0.1, 0.15) is 11.6 Å². The fourth-order valence-electron chi connectivity index (χ4n) is 1.54. The van der Waals surface area contributed by atoms with Crippen LogP contribution in [0.2, 0.25) is 0 Å². The smallest absolute Gasteiger partial charge is 0.260 e. The Kier molecular flexibility index (Phi) is 6.11. The first kappa shape index (κ1) is 16.1. The van der Waals surface area contributed by atoms with Crippen molar-refractivity contribution in [1.82, 2.24) is 5.32 Å². The van der Waals surface area contributed by atoms with Gasteiger partial charge in [-0.3, -0.25) is 9.59 Å². The van der Waals surface area contributed by atoms with E-state index < -0.39 is 11.9 Å². The molecule has 110 valence electrons. The highest BCUT2D eigenvalue weighted by molar-refractivity contribution is 5.97. The first-order chi connectivity index (χ1) is 9.45. The van der Waals surface area contributed by atoms with Gasteiger partial charge in [0.15, 0.2) is 11.9 Å². The lowest BCUT2D eigenvalue weighted by Crippen LogP contribution is -2.38. The Balaban J connectivity index is 2.72. The van der Waals surface area contributed by atoms with E-state index >= 15 is 0 Å². The molecule has 6 heteroatoms. The van der Waals surface area contributed by atoms with Gasteiger partial charge in [-0.15, -0.1) is 0 Å². The number of rotatable bonds is 7. The van der Waals surface area contributed by atoms with Crippen molar-refractivity contribution in [3.63, 3.8) is 0 Å². The largest absolute Gasteiger partial charge is 0.480 e. The van der Waals surface area contributed by atoms with Crippen molar-refractivity contribution in [3.05, 3.63) is 29.6 Å². The summed E-state index contributed by atoms with van der Waals surface area (Å²) in [5.41, 5.74) is 0.113. The third-order valence-corrected chi connectivity index (χ3v) is 2.60. The lowest BCUT2D eigenvalue weighted by molar-refractivity contribution is -0.127. The molecular weight excluding hydrogens is 265 g/mol. The minimum Gasteiger partial charge on any atom is -0.480 e. The summed E-state index contributed by atoms with van der Waals surface area (Å²) in [7, 11) is 1.53.